The zero-order valence-electron chi connectivity index (χ0n) is 33.2. The molecule has 1 unspecified atom stereocenters. The number of carboxylic acids is 1. The number of nitrogens with zero attached hydrogens (tertiary/aromatic N) is 2. The second-order valence-electron chi connectivity index (χ2n) is 13.7. The number of imidazole rings is 1. The molecule has 1 aromatic heterocycles. The van der Waals surface area contributed by atoms with E-state index in [1.807, 2.05) is 0 Å². The van der Waals surface area contributed by atoms with Crippen molar-refractivity contribution < 1.29 is 53.7 Å². The lowest BCUT2D eigenvalue weighted by molar-refractivity contribution is -0.138. The monoisotopic (exact) mass is 870 g/mol. The third-order valence-electron chi connectivity index (χ3n) is 8.85. The van der Waals surface area contributed by atoms with Crippen molar-refractivity contribution in [2.24, 2.45) is 22.2 Å². The first-order chi connectivity index (χ1) is 28.5. The smallest absolute Gasteiger partial charge is 0.322 e. The summed E-state index contributed by atoms with van der Waals surface area (Å²) in [5, 5.41) is 48.8. The highest BCUT2D eigenvalue weighted by molar-refractivity contribution is 7.98. The van der Waals surface area contributed by atoms with Crippen LogP contribution in [0.3, 0.4) is 0 Å². The highest BCUT2D eigenvalue weighted by atomic mass is 32.2. The summed E-state index contributed by atoms with van der Waals surface area (Å²) in [7, 11) is 0. The molecule has 2 heterocycles. The summed E-state index contributed by atoms with van der Waals surface area (Å²) < 4.78 is 0. The number of aliphatic carboxylic acids is 1. The number of carbonyl (C=O) groups is 8. The Morgan fingerprint density at radius 1 is 0.850 bits per heavy atom. The fourth-order valence-corrected chi connectivity index (χ4v) is 6.14. The van der Waals surface area contributed by atoms with Crippen LogP contribution >= 0.6 is 11.8 Å². The molecule has 1 aliphatic heterocycles. The van der Waals surface area contributed by atoms with Gasteiger partial charge < -0.3 is 80.0 Å². The first-order valence-electron chi connectivity index (χ1n) is 19.1. The SMILES string of the molecule is CSCC[C@H](NC(=O)CNC(=O)[C@@H]1C[C@@H](O)CN1)C(=O)N[C@@H](CCC(O)CN)C(=O)NCC(=O)N[C@@H](Cc1cnc[nH]1)C(=O)N[C@@H](CCCN=C(N)N)C(=O)NCC(=O)O. The number of rotatable bonds is 28. The molecule has 1 aliphatic rings. The van der Waals surface area contributed by atoms with Crippen molar-refractivity contribution in [1.82, 2.24) is 52.5 Å². The number of thioether (sulfide) groups is 1. The molecule has 0 saturated carbocycles. The highest BCUT2D eigenvalue weighted by Crippen LogP contribution is 2.08. The number of hydrogen-bond donors (Lipinski definition) is 15. The lowest BCUT2D eigenvalue weighted by atomic mass is 10.1. The number of carbonyl (C=O) groups excluding carboxylic acids is 7. The average Bonchev–Trinajstić information content (AvgIpc) is 3.90. The lowest BCUT2D eigenvalue weighted by Crippen LogP contribution is -2.57. The van der Waals surface area contributed by atoms with Crippen LogP contribution in [0.5, 0.6) is 0 Å². The lowest BCUT2D eigenvalue weighted by Gasteiger charge is -2.24. The van der Waals surface area contributed by atoms with E-state index in [2.05, 4.69) is 57.5 Å². The number of aromatic amines is 1. The summed E-state index contributed by atoms with van der Waals surface area (Å²) in [5.74, 6) is -6.39. The van der Waals surface area contributed by atoms with Crippen LogP contribution in [-0.4, -0.2) is 172 Å². The van der Waals surface area contributed by atoms with Gasteiger partial charge in [-0.3, -0.25) is 43.3 Å². The van der Waals surface area contributed by atoms with Crippen molar-refractivity contribution >= 4 is 65.0 Å². The maximum atomic E-state index is 13.5. The summed E-state index contributed by atoms with van der Waals surface area (Å²) in [6, 6.07) is -5.75. The number of aliphatic hydroxyl groups is 2. The Morgan fingerprint density at radius 3 is 2.02 bits per heavy atom. The van der Waals surface area contributed by atoms with Gasteiger partial charge in [0.1, 0.15) is 30.7 Å². The Kier molecular flexibility index (Phi) is 23.0. The summed E-state index contributed by atoms with van der Waals surface area (Å²) in [5.41, 5.74) is 16.6. The minimum atomic E-state index is -1.34. The topological polar surface area (TPSA) is 413 Å². The Hall–Kier alpha value is -5.57. The standard InChI is InChI=1S/C34H58N14O11S/c1-60-8-6-23(45-26(51)14-42-31(57)24-10-20(50)13-40-24)32(58)48-22(5-4-19(49)11-35)30(56)41-15-27(52)46-25(9-18-12-38-17-44-18)33(59)47-21(3-2-7-39-34(36)37)29(55)43-16-28(53)54/h12,17,19-25,40,49-50H,2-11,13-16,35H2,1H3,(H,38,44)(H,41,56)(H,42,57)(H,43,55)(H,45,51)(H,46,52)(H,47,59)(H,48,58)(H,53,54)(H4,36,37,39)/t19?,20-,21+,22+,23+,24+,25+/m1/s1. The van der Waals surface area contributed by atoms with E-state index >= 15 is 0 Å². The van der Waals surface area contributed by atoms with Crippen molar-refractivity contribution in [3.63, 3.8) is 0 Å². The molecule has 336 valence electrons. The summed E-state index contributed by atoms with van der Waals surface area (Å²) >= 11 is 1.39. The molecule has 0 aliphatic carbocycles. The van der Waals surface area contributed by atoms with E-state index in [4.69, 9.17) is 22.3 Å². The van der Waals surface area contributed by atoms with Crippen molar-refractivity contribution in [3.8, 4) is 0 Å². The van der Waals surface area contributed by atoms with E-state index in [1.54, 1.807) is 6.26 Å². The molecule has 0 aromatic carbocycles. The van der Waals surface area contributed by atoms with Crippen molar-refractivity contribution in [2.75, 3.05) is 51.3 Å². The third kappa shape index (κ3) is 19.9. The molecule has 1 fully saturated rings. The number of aromatic nitrogens is 2. The Labute approximate surface area is 349 Å². The fourth-order valence-electron chi connectivity index (χ4n) is 5.67. The normalized spacial score (nSPS) is 17.1. The summed E-state index contributed by atoms with van der Waals surface area (Å²) in [6.45, 7) is -1.70. The number of hydrogen-bond acceptors (Lipinski definition) is 15. The molecule has 26 heteroatoms. The van der Waals surface area contributed by atoms with E-state index in [1.165, 1.54) is 24.3 Å². The molecule has 0 spiro atoms. The number of amides is 7. The average molecular weight is 871 g/mol. The molecule has 18 N–H and O–H groups in total. The quantitative estimate of drug-likeness (QED) is 0.0211. The Bertz CT molecular complexity index is 1620. The minimum Gasteiger partial charge on any atom is -0.480 e. The zero-order valence-corrected chi connectivity index (χ0v) is 34.1. The molecule has 1 aromatic rings. The van der Waals surface area contributed by atoms with E-state index < -0.39 is 109 Å². The van der Waals surface area contributed by atoms with E-state index in [0.29, 0.717) is 11.4 Å². The van der Waals surface area contributed by atoms with E-state index in [0.717, 1.165) is 0 Å². The fraction of sp³-hybridized carbons (Fsp3) is 0.647. The van der Waals surface area contributed by atoms with Gasteiger partial charge in [0, 0.05) is 37.9 Å². The maximum Gasteiger partial charge on any atom is 0.322 e. The van der Waals surface area contributed by atoms with Crippen LogP contribution < -0.4 is 59.7 Å². The Balaban J connectivity index is 2.14. The van der Waals surface area contributed by atoms with Crippen LogP contribution in [0.4, 0.5) is 0 Å². The van der Waals surface area contributed by atoms with Gasteiger partial charge in [-0.15, -0.1) is 0 Å². The second-order valence-corrected chi connectivity index (χ2v) is 14.7. The van der Waals surface area contributed by atoms with E-state index in [-0.39, 0.29) is 70.5 Å². The van der Waals surface area contributed by atoms with Gasteiger partial charge in [0.25, 0.3) is 0 Å². The zero-order chi connectivity index (χ0) is 44.6. The van der Waals surface area contributed by atoms with Gasteiger partial charge in [-0.1, -0.05) is 0 Å². The third-order valence-corrected chi connectivity index (χ3v) is 9.49. The van der Waals surface area contributed by atoms with Crippen molar-refractivity contribution in [2.45, 2.75) is 87.4 Å². The minimum absolute atomic E-state index is 0.0109. The number of aliphatic hydroxyl groups excluding tert-OH is 2. The number of H-pyrrole nitrogens is 1. The van der Waals surface area contributed by atoms with Crippen LogP contribution in [0.2, 0.25) is 0 Å². The molecule has 25 nitrogen and oxygen atoms in total. The van der Waals surface area contributed by atoms with Crippen LogP contribution in [0, 0.1) is 0 Å². The van der Waals surface area contributed by atoms with Crippen LogP contribution in [0.25, 0.3) is 0 Å². The van der Waals surface area contributed by atoms with Crippen LogP contribution in [-0.2, 0) is 44.8 Å². The number of nitrogens with two attached hydrogens (primary N) is 3. The predicted octanol–water partition coefficient (Wildman–Crippen LogP) is -7.05. The van der Waals surface area contributed by atoms with Crippen molar-refractivity contribution in [3.05, 3.63) is 18.2 Å². The number of guanidine groups is 1. The second kappa shape index (κ2) is 27.2. The maximum absolute atomic E-state index is 13.5. The first-order valence-corrected chi connectivity index (χ1v) is 20.5. The van der Waals surface area contributed by atoms with Crippen molar-refractivity contribution in [1.29, 1.82) is 0 Å². The van der Waals surface area contributed by atoms with Gasteiger partial charge in [0.05, 0.1) is 37.7 Å². The van der Waals surface area contributed by atoms with Gasteiger partial charge in [0.2, 0.25) is 41.4 Å². The summed E-state index contributed by atoms with van der Waals surface area (Å²) in [4.78, 5) is 113. The number of β-amino-alcohol motifs (C(OH)–C–C–N with tert-alkyl or cyclic N) is 1. The highest BCUT2D eigenvalue weighted by Gasteiger charge is 2.31. The molecule has 0 radical (unpaired) electrons. The van der Waals surface area contributed by atoms with Crippen LogP contribution in [0.15, 0.2) is 17.5 Å². The van der Waals surface area contributed by atoms with Gasteiger partial charge in [0.15, 0.2) is 5.96 Å². The largest absolute Gasteiger partial charge is 0.480 e. The van der Waals surface area contributed by atoms with Gasteiger partial charge in [-0.2, -0.15) is 11.8 Å². The van der Waals surface area contributed by atoms with Gasteiger partial charge in [-0.25, -0.2) is 4.98 Å². The molecule has 0 bridgehead atoms. The first kappa shape index (κ1) is 50.6. The van der Waals surface area contributed by atoms with Crippen LogP contribution in [0.1, 0.15) is 44.2 Å². The van der Waals surface area contributed by atoms with Gasteiger partial charge in [-0.05, 0) is 50.5 Å². The number of nitrogens with one attached hydrogen (secondary N) is 9. The molecule has 2 rings (SSSR count). The molecule has 7 atom stereocenters. The van der Waals surface area contributed by atoms with Gasteiger partial charge >= 0.3 is 5.97 Å². The molecular weight excluding hydrogens is 813 g/mol. The molecule has 60 heavy (non-hydrogen) atoms. The molecular formula is C34H58N14O11S. The number of carboxylic acid groups (broad SMARTS) is 1. The summed E-state index contributed by atoms with van der Waals surface area (Å²) in [6.07, 6.45) is 3.01. The molecule has 7 amide bonds. The Morgan fingerprint density at radius 2 is 1.45 bits per heavy atom. The van der Waals surface area contributed by atoms with E-state index in [9.17, 15) is 48.6 Å². The number of aliphatic imine (C=N–C) groups is 1. The molecule has 1 saturated heterocycles. The predicted molar refractivity (Wildman–Crippen MR) is 216 cm³/mol.